The minimum absolute atomic E-state index is 0.118. The van der Waals surface area contributed by atoms with Gasteiger partial charge in [0.2, 0.25) is 5.91 Å². The number of benzene rings is 1. The van der Waals surface area contributed by atoms with Crippen molar-refractivity contribution < 1.29 is 14.5 Å². The number of ether oxygens (including phenoxy) is 1. The lowest BCUT2D eigenvalue weighted by atomic mass is 10.2. The van der Waals surface area contributed by atoms with E-state index in [1.807, 2.05) is 17.7 Å². The predicted molar refractivity (Wildman–Crippen MR) is 91.5 cm³/mol. The van der Waals surface area contributed by atoms with Crippen LogP contribution in [0.1, 0.15) is 13.8 Å². The van der Waals surface area contributed by atoms with Crippen molar-refractivity contribution in [3.8, 4) is 5.75 Å². The van der Waals surface area contributed by atoms with E-state index in [1.54, 1.807) is 13.1 Å². The molecule has 24 heavy (non-hydrogen) atoms. The minimum atomic E-state index is -0.522. The van der Waals surface area contributed by atoms with E-state index in [9.17, 15) is 14.9 Å². The molecular formula is C15H18N4O4S. The quantitative estimate of drug-likeness (QED) is 0.468. The summed E-state index contributed by atoms with van der Waals surface area (Å²) in [4.78, 5) is 27.0. The number of non-ortho nitro benzene ring substituents is 1. The number of nitrogens with one attached hydrogen (secondary N) is 1. The van der Waals surface area contributed by atoms with E-state index in [0.717, 1.165) is 11.7 Å². The van der Waals surface area contributed by atoms with Gasteiger partial charge in [0.05, 0.1) is 23.0 Å². The van der Waals surface area contributed by atoms with Gasteiger partial charge in [0.1, 0.15) is 5.75 Å². The fourth-order valence-electron chi connectivity index (χ4n) is 2.01. The zero-order chi connectivity index (χ0) is 17.7. The van der Waals surface area contributed by atoms with Crippen LogP contribution in [0.25, 0.3) is 0 Å². The van der Waals surface area contributed by atoms with Crippen molar-refractivity contribution in [3.63, 3.8) is 0 Å². The van der Waals surface area contributed by atoms with Crippen LogP contribution in [-0.2, 0) is 11.3 Å². The molecule has 2 aromatic rings. The van der Waals surface area contributed by atoms with Crippen LogP contribution in [0.5, 0.6) is 5.75 Å². The van der Waals surface area contributed by atoms with Crippen molar-refractivity contribution in [1.29, 1.82) is 0 Å². The summed E-state index contributed by atoms with van der Waals surface area (Å²) in [6.07, 6.45) is 3.52. The molecule has 0 radical (unpaired) electrons. The van der Waals surface area contributed by atoms with Gasteiger partial charge in [0, 0.05) is 31.1 Å². The molecule has 0 fully saturated rings. The van der Waals surface area contributed by atoms with Gasteiger partial charge in [-0.2, -0.15) is 0 Å². The smallest absolute Gasteiger partial charge is 0.271 e. The first-order valence-electron chi connectivity index (χ1n) is 7.27. The van der Waals surface area contributed by atoms with Crippen molar-refractivity contribution in [2.75, 3.05) is 12.4 Å². The maximum absolute atomic E-state index is 12.4. The molecule has 0 unspecified atom stereocenters. The van der Waals surface area contributed by atoms with E-state index in [4.69, 9.17) is 4.74 Å². The molecule has 2 rings (SSSR count). The Morgan fingerprint density at radius 2 is 2.29 bits per heavy atom. The van der Waals surface area contributed by atoms with Gasteiger partial charge >= 0.3 is 0 Å². The van der Waals surface area contributed by atoms with Crippen LogP contribution in [0.15, 0.2) is 35.7 Å². The fraction of sp³-hybridized carbons (Fsp3) is 0.333. The van der Waals surface area contributed by atoms with Gasteiger partial charge < -0.3 is 14.6 Å². The Hall–Kier alpha value is -2.55. The number of aromatic nitrogens is 2. The number of aryl methyl sites for hydroxylation is 1. The highest BCUT2D eigenvalue weighted by Crippen LogP contribution is 2.30. The van der Waals surface area contributed by atoms with E-state index in [1.165, 1.54) is 37.1 Å². The largest absolute Gasteiger partial charge is 0.495 e. The van der Waals surface area contributed by atoms with Crippen LogP contribution in [0.4, 0.5) is 11.4 Å². The van der Waals surface area contributed by atoms with E-state index in [-0.39, 0.29) is 17.3 Å². The third kappa shape index (κ3) is 4.05. The molecule has 9 heteroatoms. The van der Waals surface area contributed by atoms with Gasteiger partial charge in [-0.15, -0.1) is 0 Å². The number of rotatable bonds is 7. The topological polar surface area (TPSA) is 99.3 Å². The number of thioether (sulfide) groups is 1. The zero-order valence-corrected chi connectivity index (χ0v) is 14.4. The molecule has 0 aliphatic carbocycles. The molecule has 0 bridgehead atoms. The molecule has 0 aliphatic rings. The molecule has 0 saturated heterocycles. The molecule has 1 amide bonds. The fourth-order valence-corrected chi connectivity index (χ4v) is 2.94. The number of carbonyl (C=O) groups excluding carboxylic acids is 1. The lowest BCUT2D eigenvalue weighted by Gasteiger charge is -2.14. The van der Waals surface area contributed by atoms with Crippen LogP contribution >= 0.6 is 11.8 Å². The molecule has 1 aromatic heterocycles. The summed E-state index contributed by atoms with van der Waals surface area (Å²) < 4.78 is 7.08. The van der Waals surface area contributed by atoms with Gasteiger partial charge in [-0.3, -0.25) is 14.9 Å². The molecule has 1 heterocycles. The average Bonchev–Trinajstić information content (AvgIpc) is 3.01. The molecule has 0 spiro atoms. The van der Waals surface area contributed by atoms with Crippen LogP contribution < -0.4 is 10.1 Å². The maximum Gasteiger partial charge on any atom is 0.271 e. The van der Waals surface area contributed by atoms with E-state index < -0.39 is 10.2 Å². The average molecular weight is 350 g/mol. The number of nitro groups is 1. The summed E-state index contributed by atoms with van der Waals surface area (Å²) in [5.41, 5.74) is 0.149. The summed E-state index contributed by atoms with van der Waals surface area (Å²) in [6, 6.07) is 4.06. The minimum Gasteiger partial charge on any atom is -0.495 e. The first-order chi connectivity index (χ1) is 11.5. The first-order valence-corrected chi connectivity index (χ1v) is 8.15. The van der Waals surface area contributed by atoms with E-state index in [2.05, 4.69) is 10.3 Å². The summed E-state index contributed by atoms with van der Waals surface area (Å²) >= 11 is 1.32. The van der Waals surface area contributed by atoms with Crippen LogP contribution in [0, 0.1) is 10.1 Å². The number of nitrogens with zero attached hydrogens (tertiary/aromatic N) is 3. The second kappa shape index (κ2) is 7.82. The molecule has 128 valence electrons. The number of imidazole rings is 1. The number of nitro benzene ring substituents is 1. The standard InChI is InChI=1S/C15H18N4O4S/c1-4-18-8-7-16-15(18)24-10(2)14(20)17-12-9-11(19(21)22)5-6-13(12)23-3/h5-10H,4H2,1-3H3,(H,17,20)/t10-/m1/s1. The van der Waals surface area contributed by atoms with Crippen molar-refractivity contribution in [2.45, 2.75) is 30.8 Å². The number of hydrogen-bond acceptors (Lipinski definition) is 6. The Morgan fingerprint density at radius 1 is 1.54 bits per heavy atom. The Kier molecular flexibility index (Phi) is 5.80. The molecule has 0 aliphatic heterocycles. The Labute approximate surface area is 143 Å². The van der Waals surface area contributed by atoms with Gasteiger partial charge in [0.15, 0.2) is 5.16 Å². The highest BCUT2D eigenvalue weighted by Gasteiger charge is 2.20. The van der Waals surface area contributed by atoms with Crippen molar-refractivity contribution in [1.82, 2.24) is 9.55 Å². The molecular weight excluding hydrogens is 332 g/mol. The molecule has 1 N–H and O–H groups in total. The summed E-state index contributed by atoms with van der Waals surface area (Å²) in [6.45, 7) is 4.50. The lowest BCUT2D eigenvalue weighted by Crippen LogP contribution is -2.23. The molecule has 1 aromatic carbocycles. The number of amides is 1. The Bertz CT molecular complexity index is 747. The third-order valence-corrected chi connectivity index (χ3v) is 4.44. The van der Waals surface area contributed by atoms with Gasteiger partial charge in [-0.05, 0) is 19.9 Å². The molecule has 1 atom stereocenters. The number of carbonyl (C=O) groups is 1. The second-order valence-corrected chi connectivity index (χ2v) is 6.19. The zero-order valence-electron chi connectivity index (χ0n) is 13.6. The van der Waals surface area contributed by atoms with Crippen LogP contribution in [0.2, 0.25) is 0 Å². The van der Waals surface area contributed by atoms with Gasteiger partial charge in [0.25, 0.3) is 5.69 Å². The van der Waals surface area contributed by atoms with Crippen LogP contribution in [0.3, 0.4) is 0 Å². The molecule has 8 nitrogen and oxygen atoms in total. The van der Waals surface area contributed by atoms with Crippen molar-refractivity contribution >= 4 is 29.0 Å². The van der Waals surface area contributed by atoms with E-state index >= 15 is 0 Å². The predicted octanol–water partition coefficient (Wildman–Crippen LogP) is 2.94. The van der Waals surface area contributed by atoms with E-state index in [0.29, 0.717) is 5.75 Å². The summed E-state index contributed by atoms with van der Waals surface area (Å²) in [7, 11) is 1.44. The SMILES string of the molecule is CCn1ccnc1S[C@H](C)C(=O)Nc1cc([N+](=O)[O-])ccc1OC. The Morgan fingerprint density at radius 3 is 2.92 bits per heavy atom. The first kappa shape index (κ1) is 17.8. The summed E-state index contributed by atoms with van der Waals surface area (Å²) in [5.74, 6) is 0.0747. The molecule has 0 saturated carbocycles. The lowest BCUT2D eigenvalue weighted by molar-refractivity contribution is -0.384. The Balaban J connectivity index is 2.13. The van der Waals surface area contributed by atoms with Crippen LogP contribution in [-0.4, -0.2) is 32.7 Å². The number of methoxy groups -OCH3 is 1. The third-order valence-electron chi connectivity index (χ3n) is 3.32. The summed E-state index contributed by atoms with van der Waals surface area (Å²) in [5, 5.41) is 13.9. The number of anilines is 1. The van der Waals surface area contributed by atoms with Crippen molar-refractivity contribution in [3.05, 3.63) is 40.7 Å². The second-order valence-electron chi connectivity index (χ2n) is 4.89. The van der Waals surface area contributed by atoms with Gasteiger partial charge in [-0.1, -0.05) is 11.8 Å². The highest BCUT2D eigenvalue weighted by molar-refractivity contribution is 8.00. The highest BCUT2D eigenvalue weighted by atomic mass is 32.2. The van der Waals surface area contributed by atoms with Gasteiger partial charge in [-0.25, -0.2) is 4.98 Å². The maximum atomic E-state index is 12.4. The number of hydrogen-bond donors (Lipinski definition) is 1. The monoisotopic (exact) mass is 350 g/mol. The van der Waals surface area contributed by atoms with Crippen molar-refractivity contribution in [2.24, 2.45) is 0 Å². The normalized spacial score (nSPS) is 11.8.